The van der Waals surface area contributed by atoms with E-state index < -0.39 is 17.5 Å². The highest BCUT2D eigenvalue weighted by atomic mass is 19.4. The Morgan fingerprint density at radius 2 is 1.69 bits per heavy atom. The number of piperazine rings is 1. The van der Waals surface area contributed by atoms with E-state index in [-0.39, 0.29) is 11.4 Å². The summed E-state index contributed by atoms with van der Waals surface area (Å²) in [7, 11) is 0. The second kappa shape index (κ2) is 7.47. The smallest absolute Gasteiger partial charge is 0.420 e. The quantitative estimate of drug-likeness (QED) is 0.700. The zero-order valence-corrected chi connectivity index (χ0v) is 15.6. The molecule has 3 aromatic rings. The molecular weight excluding hydrogens is 385 g/mol. The molecule has 0 aliphatic carbocycles. The predicted molar refractivity (Wildman–Crippen MR) is 104 cm³/mol. The molecule has 0 unspecified atom stereocenters. The van der Waals surface area contributed by atoms with E-state index in [4.69, 9.17) is 0 Å². The molecule has 154 valence electrons. The van der Waals surface area contributed by atoms with Crippen LogP contribution in [0.15, 0.2) is 47.3 Å². The zero-order chi connectivity index (χ0) is 20.6. The van der Waals surface area contributed by atoms with Crippen LogP contribution in [0.3, 0.4) is 0 Å². The van der Waals surface area contributed by atoms with Crippen LogP contribution in [0.4, 0.5) is 18.9 Å². The van der Waals surface area contributed by atoms with Crippen molar-refractivity contribution in [1.82, 2.24) is 14.5 Å². The molecule has 1 aliphatic heterocycles. The molecule has 2 heterocycles. The van der Waals surface area contributed by atoms with Crippen LogP contribution >= 0.6 is 0 Å². The van der Waals surface area contributed by atoms with Crippen molar-refractivity contribution in [1.29, 1.82) is 0 Å². The van der Waals surface area contributed by atoms with Crippen LogP contribution in [-0.2, 0) is 12.7 Å². The number of aromatic hydroxyl groups is 1. The number of imidazole rings is 1. The monoisotopic (exact) mass is 406 g/mol. The molecule has 29 heavy (non-hydrogen) atoms. The lowest BCUT2D eigenvalue weighted by atomic mass is 10.1. The minimum absolute atomic E-state index is 0.154. The number of hydrogen-bond donors (Lipinski definition) is 2. The van der Waals surface area contributed by atoms with E-state index in [1.54, 1.807) is 9.47 Å². The summed E-state index contributed by atoms with van der Waals surface area (Å²) in [5.41, 5.74) is 0.676. The highest BCUT2D eigenvalue weighted by Gasteiger charge is 2.35. The zero-order valence-electron chi connectivity index (χ0n) is 15.6. The van der Waals surface area contributed by atoms with Gasteiger partial charge in [-0.2, -0.15) is 13.2 Å². The number of anilines is 1. The lowest BCUT2D eigenvalue weighted by Crippen LogP contribution is -2.47. The summed E-state index contributed by atoms with van der Waals surface area (Å²) in [6, 6.07) is 11.2. The molecule has 2 N–H and O–H groups in total. The van der Waals surface area contributed by atoms with Crippen LogP contribution in [0, 0.1) is 0 Å². The van der Waals surface area contributed by atoms with Crippen molar-refractivity contribution in [3.05, 3.63) is 58.5 Å². The largest absolute Gasteiger partial charge is 0.505 e. The summed E-state index contributed by atoms with van der Waals surface area (Å²) in [6.07, 6.45) is -4.59. The maximum Gasteiger partial charge on any atom is 0.420 e. The number of phenols is 1. The number of para-hydroxylation sites is 3. The Kier molecular flexibility index (Phi) is 4.99. The number of benzene rings is 2. The Morgan fingerprint density at radius 3 is 2.41 bits per heavy atom. The van der Waals surface area contributed by atoms with Gasteiger partial charge < -0.3 is 15.0 Å². The van der Waals surface area contributed by atoms with Gasteiger partial charge in [0.2, 0.25) is 0 Å². The number of aromatic amines is 1. The van der Waals surface area contributed by atoms with Crippen molar-refractivity contribution >= 4 is 16.7 Å². The third kappa shape index (κ3) is 3.82. The molecule has 6 nitrogen and oxygen atoms in total. The lowest BCUT2D eigenvalue weighted by Gasteiger charge is -2.36. The number of aromatic nitrogens is 2. The standard InChI is InChI=1S/C20H21F3N4O2/c21-20(22,23)14-4-3-7-17(18(14)28)26-11-8-25(9-12-26)10-13-27-16-6-2-1-5-15(16)24-19(27)29/h1-7,28H,8-13H2,(H,24,29). The van der Waals surface area contributed by atoms with Crippen molar-refractivity contribution in [3.63, 3.8) is 0 Å². The minimum Gasteiger partial charge on any atom is -0.505 e. The first kappa shape index (κ1) is 19.4. The molecule has 0 atom stereocenters. The lowest BCUT2D eigenvalue weighted by molar-refractivity contribution is -0.138. The van der Waals surface area contributed by atoms with Gasteiger partial charge in [0, 0.05) is 39.3 Å². The maximum atomic E-state index is 13.0. The predicted octanol–water partition coefficient (Wildman–Crippen LogP) is 2.88. The number of nitrogens with zero attached hydrogens (tertiary/aromatic N) is 3. The molecule has 1 aliphatic rings. The van der Waals surface area contributed by atoms with E-state index in [0.29, 0.717) is 39.3 Å². The van der Waals surface area contributed by atoms with Crippen molar-refractivity contribution < 1.29 is 18.3 Å². The maximum absolute atomic E-state index is 13.0. The number of halogens is 3. The van der Waals surface area contributed by atoms with E-state index >= 15 is 0 Å². The molecule has 4 rings (SSSR count). The fourth-order valence-corrected chi connectivity index (χ4v) is 3.80. The van der Waals surface area contributed by atoms with Crippen LogP contribution in [0.2, 0.25) is 0 Å². The third-order valence-electron chi connectivity index (χ3n) is 5.35. The van der Waals surface area contributed by atoms with Crippen LogP contribution < -0.4 is 10.6 Å². The molecule has 1 fully saturated rings. The molecule has 9 heteroatoms. The molecule has 0 spiro atoms. The minimum atomic E-state index is -4.59. The second-order valence-corrected chi connectivity index (χ2v) is 7.10. The van der Waals surface area contributed by atoms with Crippen molar-refractivity contribution in [2.24, 2.45) is 0 Å². The van der Waals surface area contributed by atoms with Crippen molar-refractivity contribution in [2.75, 3.05) is 37.6 Å². The first-order valence-corrected chi connectivity index (χ1v) is 9.38. The first-order valence-electron chi connectivity index (χ1n) is 9.38. The van der Waals surface area contributed by atoms with E-state index in [0.717, 1.165) is 17.1 Å². The van der Waals surface area contributed by atoms with E-state index in [2.05, 4.69) is 9.88 Å². The fraction of sp³-hybridized carbons (Fsp3) is 0.350. The molecule has 0 radical (unpaired) electrons. The molecular formula is C20H21F3N4O2. The van der Waals surface area contributed by atoms with Gasteiger partial charge in [0.1, 0.15) is 0 Å². The average Bonchev–Trinajstić information content (AvgIpc) is 3.01. The van der Waals surface area contributed by atoms with Crippen molar-refractivity contribution in [2.45, 2.75) is 12.7 Å². The van der Waals surface area contributed by atoms with Gasteiger partial charge in [0.15, 0.2) is 5.75 Å². The summed E-state index contributed by atoms with van der Waals surface area (Å²) in [6.45, 7) is 3.44. The molecule has 2 aromatic carbocycles. The molecule has 1 saturated heterocycles. The highest BCUT2D eigenvalue weighted by Crippen LogP contribution is 2.41. The Balaban J connectivity index is 1.40. The molecule has 1 aromatic heterocycles. The molecule has 0 saturated carbocycles. The van der Waals surface area contributed by atoms with Gasteiger partial charge in [-0.1, -0.05) is 18.2 Å². The van der Waals surface area contributed by atoms with Gasteiger partial charge in [-0.15, -0.1) is 0 Å². The Morgan fingerprint density at radius 1 is 0.966 bits per heavy atom. The Bertz CT molecular complexity index is 1070. The van der Waals surface area contributed by atoms with Gasteiger partial charge in [0.05, 0.1) is 22.3 Å². The number of fused-ring (bicyclic) bond motifs is 1. The van der Waals surface area contributed by atoms with Gasteiger partial charge in [-0.25, -0.2) is 4.79 Å². The van der Waals surface area contributed by atoms with E-state index in [1.165, 1.54) is 12.1 Å². The fourth-order valence-electron chi connectivity index (χ4n) is 3.80. The SMILES string of the molecule is O=c1[nH]c2ccccc2n1CCN1CCN(c2cccc(C(F)(F)F)c2O)CC1. The Hall–Kier alpha value is -2.94. The number of rotatable bonds is 4. The molecule has 0 bridgehead atoms. The van der Waals surface area contributed by atoms with Gasteiger partial charge in [-0.3, -0.25) is 9.47 Å². The first-order chi connectivity index (χ1) is 13.8. The summed E-state index contributed by atoms with van der Waals surface area (Å²) < 4.78 is 40.8. The normalized spacial score (nSPS) is 15.9. The second-order valence-electron chi connectivity index (χ2n) is 7.10. The van der Waals surface area contributed by atoms with E-state index in [1.807, 2.05) is 24.3 Å². The summed E-state index contributed by atoms with van der Waals surface area (Å²) >= 11 is 0. The van der Waals surface area contributed by atoms with Crippen molar-refractivity contribution in [3.8, 4) is 5.75 Å². The van der Waals surface area contributed by atoms with Crippen LogP contribution in [0.1, 0.15) is 5.56 Å². The topological polar surface area (TPSA) is 64.5 Å². The van der Waals surface area contributed by atoms with Gasteiger partial charge >= 0.3 is 11.9 Å². The molecule has 0 amide bonds. The number of H-pyrrole nitrogens is 1. The number of phenolic OH excluding ortho intramolecular Hbond substituents is 1. The number of alkyl halides is 3. The van der Waals surface area contributed by atoms with Crippen LogP contribution in [0.5, 0.6) is 5.75 Å². The number of nitrogens with one attached hydrogen (secondary N) is 1. The van der Waals surface area contributed by atoms with Gasteiger partial charge in [0.25, 0.3) is 0 Å². The Labute approximate surface area is 164 Å². The number of hydrogen-bond acceptors (Lipinski definition) is 4. The average molecular weight is 406 g/mol. The highest BCUT2D eigenvalue weighted by molar-refractivity contribution is 5.74. The third-order valence-corrected chi connectivity index (χ3v) is 5.35. The van der Waals surface area contributed by atoms with Crippen LogP contribution in [-0.4, -0.2) is 52.3 Å². The summed E-state index contributed by atoms with van der Waals surface area (Å²) in [4.78, 5) is 18.9. The van der Waals surface area contributed by atoms with Crippen LogP contribution in [0.25, 0.3) is 11.0 Å². The van der Waals surface area contributed by atoms with Gasteiger partial charge in [-0.05, 0) is 24.3 Å². The van der Waals surface area contributed by atoms with E-state index in [9.17, 15) is 23.1 Å². The summed E-state index contributed by atoms with van der Waals surface area (Å²) in [5, 5.41) is 10.1. The summed E-state index contributed by atoms with van der Waals surface area (Å²) in [5.74, 6) is -0.723.